The summed E-state index contributed by atoms with van der Waals surface area (Å²) in [6.45, 7) is 1.69. The van der Waals surface area contributed by atoms with Gasteiger partial charge in [0.1, 0.15) is 11.6 Å². The summed E-state index contributed by atoms with van der Waals surface area (Å²) in [5, 5.41) is 21.5. The minimum absolute atomic E-state index is 0.00193. The number of aromatic amines is 1. The molecule has 7 nitrogen and oxygen atoms in total. The Morgan fingerprint density at radius 2 is 1.81 bits per heavy atom. The van der Waals surface area contributed by atoms with Crippen LogP contribution in [0.15, 0.2) is 65.1 Å². The number of nitrogens with one attached hydrogen (secondary N) is 1. The van der Waals surface area contributed by atoms with Gasteiger partial charge in [-0.2, -0.15) is 0 Å². The monoisotopic (exact) mass is 417 g/mol. The van der Waals surface area contributed by atoms with Crippen LogP contribution in [0.5, 0.6) is 11.6 Å². The molecule has 3 heterocycles. The van der Waals surface area contributed by atoms with Gasteiger partial charge in [-0.25, -0.2) is 13.9 Å². The molecule has 0 aliphatic rings. The Morgan fingerprint density at radius 1 is 1.06 bits per heavy atom. The van der Waals surface area contributed by atoms with Crippen LogP contribution >= 0.6 is 0 Å². The summed E-state index contributed by atoms with van der Waals surface area (Å²) >= 11 is 0. The van der Waals surface area contributed by atoms with E-state index in [1.54, 1.807) is 19.1 Å². The van der Waals surface area contributed by atoms with Crippen LogP contribution in [0.2, 0.25) is 0 Å². The van der Waals surface area contributed by atoms with Crippen LogP contribution in [0.3, 0.4) is 0 Å². The molecule has 0 bridgehead atoms. The number of halogens is 1. The number of para-hydroxylation sites is 2. The zero-order chi connectivity index (χ0) is 21.7. The molecule has 3 aromatic heterocycles. The van der Waals surface area contributed by atoms with Gasteiger partial charge in [-0.05, 0) is 61.0 Å². The fourth-order valence-corrected chi connectivity index (χ4v) is 3.58. The molecular formula is C23H16FN3O4. The molecule has 2 aromatic carbocycles. The Morgan fingerprint density at radius 3 is 2.48 bits per heavy atom. The number of H-pyrrole nitrogens is 1. The summed E-state index contributed by atoms with van der Waals surface area (Å²) in [5.41, 5.74) is 1.69. The molecule has 5 aromatic rings. The van der Waals surface area contributed by atoms with Gasteiger partial charge in [0.15, 0.2) is 11.5 Å². The van der Waals surface area contributed by atoms with E-state index in [-0.39, 0.29) is 23.0 Å². The molecule has 0 aliphatic carbocycles. The summed E-state index contributed by atoms with van der Waals surface area (Å²) in [7, 11) is 0. The van der Waals surface area contributed by atoms with Crippen molar-refractivity contribution in [2.24, 2.45) is 0 Å². The number of imidazole rings is 1. The first-order valence-electron chi connectivity index (χ1n) is 9.43. The predicted octanol–water partition coefficient (Wildman–Crippen LogP) is 4.70. The zero-order valence-electron chi connectivity index (χ0n) is 16.3. The van der Waals surface area contributed by atoms with Gasteiger partial charge in [0, 0.05) is 0 Å². The van der Waals surface area contributed by atoms with Gasteiger partial charge in [-0.15, -0.1) is 0 Å². The maximum absolute atomic E-state index is 13.6. The summed E-state index contributed by atoms with van der Waals surface area (Å²) in [6.07, 6.45) is 0. The van der Waals surface area contributed by atoms with Crippen molar-refractivity contribution < 1.29 is 23.8 Å². The second-order valence-electron chi connectivity index (χ2n) is 7.06. The molecule has 0 spiro atoms. The minimum atomic E-state index is -0.630. The number of nitrogens with zero attached hydrogens (tertiary/aromatic N) is 2. The van der Waals surface area contributed by atoms with Crippen molar-refractivity contribution in [2.45, 2.75) is 6.92 Å². The molecule has 0 saturated carbocycles. The van der Waals surface area contributed by atoms with E-state index in [4.69, 9.17) is 4.42 Å². The smallest absolute Gasteiger partial charge is 0.242 e. The molecule has 0 saturated heterocycles. The van der Waals surface area contributed by atoms with Crippen molar-refractivity contribution in [1.29, 1.82) is 0 Å². The molecule has 0 fully saturated rings. The number of aryl methyl sites for hydroxylation is 1. The number of aromatic nitrogens is 3. The molecule has 0 radical (unpaired) electrons. The van der Waals surface area contributed by atoms with Crippen LogP contribution < -0.4 is 0 Å². The quantitative estimate of drug-likeness (QED) is 0.368. The van der Waals surface area contributed by atoms with E-state index in [0.29, 0.717) is 22.4 Å². The maximum Gasteiger partial charge on any atom is 0.242 e. The number of rotatable bonds is 4. The molecule has 154 valence electrons. The first-order valence-corrected chi connectivity index (χ1v) is 9.43. The Hall–Kier alpha value is -4.33. The van der Waals surface area contributed by atoms with Gasteiger partial charge >= 0.3 is 0 Å². The Labute approximate surface area is 175 Å². The highest BCUT2D eigenvalue weighted by atomic mass is 19.1. The number of hydrogen-bond acceptors (Lipinski definition) is 5. The van der Waals surface area contributed by atoms with Crippen LogP contribution in [-0.4, -0.2) is 30.5 Å². The first kappa shape index (κ1) is 18.7. The fraction of sp³-hybridized carbons (Fsp3) is 0.0435. The Balaban J connectivity index is 1.81. The highest BCUT2D eigenvalue weighted by Crippen LogP contribution is 2.43. The lowest BCUT2D eigenvalue weighted by molar-refractivity contribution is 0.101. The van der Waals surface area contributed by atoms with Crippen LogP contribution in [-0.2, 0) is 0 Å². The number of hydrogen-bond donors (Lipinski definition) is 3. The van der Waals surface area contributed by atoms with Crippen molar-refractivity contribution in [3.05, 3.63) is 83.6 Å². The normalized spacial score (nSPS) is 11.3. The number of benzene rings is 2. The minimum Gasteiger partial charge on any atom is -0.503 e. The lowest BCUT2D eigenvalue weighted by Crippen LogP contribution is -2.05. The summed E-state index contributed by atoms with van der Waals surface area (Å²) in [4.78, 5) is 20.8. The number of aromatic hydroxyl groups is 2. The second kappa shape index (κ2) is 6.88. The van der Waals surface area contributed by atoms with E-state index in [2.05, 4.69) is 9.97 Å². The number of fused-ring (bicyclic) bond motifs is 1. The molecule has 31 heavy (non-hydrogen) atoms. The van der Waals surface area contributed by atoms with Gasteiger partial charge in [0.05, 0.1) is 22.3 Å². The first-order chi connectivity index (χ1) is 14.9. The van der Waals surface area contributed by atoms with E-state index in [1.165, 1.54) is 34.9 Å². The van der Waals surface area contributed by atoms with Crippen LogP contribution in [0.4, 0.5) is 4.39 Å². The van der Waals surface area contributed by atoms with E-state index in [1.807, 2.05) is 18.2 Å². The fourth-order valence-electron chi connectivity index (χ4n) is 3.58. The van der Waals surface area contributed by atoms with Crippen molar-refractivity contribution in [3.8, 4) is 28.8 Å². The largest absolute Gasteiger partial charge is 0.503 e. The molecule has 0 amide bonds. The maximum atomic E-state index is 13.6. The molecule has 5 rings (SSSR count). The average molecular weight is 417 g/mol. The van der Waals surface area contributed by atoms with Gasteiger partial charge in [-0.1, -0.05) is 12.1 Å². The standard InChI is InChI=1S/C23H16FN3O4/c1-12-6-11-17(31-12)20(28)18-19(13-7-9-14(24)10-8-13)27(22(30)21(18)29)23-25-15-4-2-3-5-16(15)26-23/h2-11,29-30H,1H3,(H,25,26). The van der Waals surface area contributed by atoms with Crippen molar-refractivity contribution in [1.82, 2.24) is 14.5 Å². The van der Waals surface area contributed by atoms with E-state index >= 15 is 0 Å². The van der Waals surface area contributed by atoms with E-state index in [0.717, 1.165) is 0 Å². The van der Waals surface area contributed by atoms with E-state index < -0.39 is 23.2 Å². The van der Waals surface area contributed by atoms with Crippen molar-refractivity contribution >= 4 is 16.8 Å². The van der Waals surface area contributed by atoms with Gasteiger partial charge in [0.2, 0.25) is 17.6 Å². The molecule has 0 atom stereocenters. The second-order valence-corrected chi connectivity index (χ2v) is 7.06. The van der Waals surface area contributed by atoms with Gasteiger partial charge in [0.25, 0.3) is 0 Å². The molecule has 0 aliphatic heterocycles. The summed E-state index contributed by atoms with van der Waals surface area (Å²) < 4.78 is 20.2. The SMILES string of the molecule is Cc1ccc(C(=O)c2c(O)c(O)n(-c3nc4ccccc4[nH]3)c2-c2ccc(F)cc2)o1. The van der Waals surface area contributed by atoms with Crippen molar-refractivity contribution in [3.63, 3.8) is 0 Å². The third kappa shape index (κ3) is 2.96. The predicted molar refractivity (Wildman–Crippen MR) is 111 cm³/mol. The molecule has 3 N–H and O–H groups in total. The Kier molecular flexibility index (Phi) is 4.14. The van der Waals surface area contributed by atoms with E-state index in [9.17, 15) is 19.4 Å². The highest BCUT2D eigenvalue weighted by Gasteiger charge is 2.32. The number of ketones is 1. The molecule has 8 heteroatoms. The zero-order valence-corrected chi connectivity index (χ0v) is 16.3. The summed E-state index contributed by atoms with van der Waals surface area (Å²) in [6, 6.07) is 15.7. The van der Waals surface area contributed by atoms with Crippen LogP contribution in [0.1, 0.15) is 21.9 Å². The van der Waals surface area contributed by atoms with Gasteiger partial charge < -0.3 is 19.6 Å². The van der Waals surface area contributed by atoms with Gasteiger partial charge in [-0.3, -0.25) is 4.79 Å². The number of carbonyl (C=O) groups excluding carboxylic acids is 1. The lowest BCUT2D eigenvalue weighted by Gasteiger charge is -2.09. The number of furan rings is 1. The topological polar surface area (TPSA) is 104 Å². The third-order valence-electron chi connectivity index (χ3n) is 5.02. The van der Waals surface area contributed by atoms with Crippen LogP contribution in [0, 0.1) is 12.7 Å². The summed E-state index contributed by atoms with van der Waals surface area (Å²) in [5.74, 6) is -1.60. The Bertz CT molecular complexity index is 1410. The molecular weight excluding hydrogens is 401 g/mol. The van der Waals surface area contributed by atoms with Crippen LogP contribution in [0.25, 0.3) is 28.2 Å². The van der Waals surface area contributed by atoms with Crippen molar-refractivity contribution in [2.75, 3.05) is 0 Å². The highest BCUT2D eigenvalue weighted by molar-refractivity contribution is 6.13. The lowest BCUT2D eigenvalue weighted by atomic mass is 10.0. The third-order valence-corrected chi connectivity index (χ3v) is 5.02. The molecule has 0 unspecified atom stereocenters. The number of carbonyl (C=O) groups is 1. The average Bonchev–Trinajstić information content (AvgIpc) is 3.45.